The van der Waals surface area contributed by atoms with Gasteiger partial charge in [-0.05, 0) is 12.1 Å². The summed E-state index contributed by atoms with van der Waals surface area (Å²) < 4.78 is 44.7. The van der Waals surface area contributed by atoms with Crippen LogP contribution >= 0.6 is 0 Å². The SMILES string of the molecule is COc1cc(C#N)ccc1NC(=O)C(N)OC(=O)C(F)(F)F. The molecule has 22 heavy (non-hydrogen) atoms. The van der Waals surface area contributed by atoms with Crippen LogP contribution in [0, 0.1) is 11.3 Å². The zero-order valence-electron chi connectivity index (χ0n) is 11.1. The fraction of sp³-hybridized carbons (Fsp3) is 0.250. The standard InChI is InChI=1S/C12H10F3N3O4/c1-21-8-4-6(5-16)2-3-7(8)18-10(19)9(17)22-11(20)12(13,14)15/h2-4,9H,17H2,1H3,(H,18,19). The Morgan fingerprint density at radius 3 is 2.55 bits per heavy atom. The lowest BCUT2D eigenvalue weighted by Gasteiger charge is -2.15. The second-order valence-electron chi connectivity index (χ2n) is 3.84. The van der Waals surface area contributed by atoms with Crippen molar-refractivity contribution in [2.75, 3.05) is 12.4 Å². The molecule has 0 bridgehead atoms. The minimum atomic E-state index is -5.26. The molecule has 0 aliphatic heterocycles. The number of nitriles is 1. The highest BCUT2D eigenvalue weighted by Gasteiger charge is 2.42. The van der Waals surface area contributed by atoms with Crippen molar-refractivity contribution in [3.8, 4) is 11.8 Å². The van der Waals surface area contributed by atoms with E-state index in [1.54, 1.807) is 0 Å². The number of hydrogen-bond donors (Lipinski definition) is 2. The maximum absolute atomic E-state index is 12.0. The number of carbonyl (C=O) groups excluding carboxylic acids is 2. The van der Waals surface area contributed by atoms with Gasteiger partial charge >= 0.3 is 12.1 Å². The van der Waals surface area contributed by atoms with Crippen LogP contribution in [0.1, 0.15) is 5.56 Å². The number of nitrogens with one attached hydrogen (secondary N) is 1. The van der Waals surface area contributed by atoms with Gasteiger partial charge in [0.25, 0.3) is 5.91 Å². The quantitative estimate of drug-likeness (QED) is 0.630. The van der Waals surface area contributed by atoms with E-state index in [1.165, 1.54) is 25.3 Å². The van der Waals surface area contributed by atoms with Crippen LogP contribution in [0.2, 0.25) is 0 Å². The molecule has 0 spiro atoms. The number of halogens is 3. The van der Waals surface area contributed by atoms with Crippen molar-refractivity contribution in [1.29, 1.82) is 5.26 Å². The van der Waals surface area contributed by atoms with E-state index in [4.69, 9.17) is 15.7 Å². The molecule has 3 N–H and O–H groups in total. The number of rotatable bonds is 4. The predicted octanol–water partition coefficient (Wildman–Crippen LogP) is 0.896. The Kier molecular flexibility index (Phi) is 5.31. The Labute approximate surface area is 122 Å². The number of esters is 1. The fourth-order valence-corrected chi connectivity index (χ4v) is 1.30. The number of nitrogens with two attached hydrogens (primary N) is 1. The summed E-state index contributed by atoms with van der Waals surface area (Å²) in [6.45, 7) is 0. The number of hydrogen-bond acceptors (Lipinski definition) is 6. The first-order chi connectivity index (χ1) is 10.2. The smallest absolute Gasteiger partial charge is 0.490 e. The minimum absolute atomic E-state index is 0.0463. The van der Waals surface area contributed by atoms with Crippen molar-refractivity contribution < 1.29 is 32.2 Å². The van der Waals surface area contributed by atoms with E-state index < -0.39 is 24.3 Å². The van der Waals surface area contributed by atoms with Crippen molar-refractivity contribution >= 4 is 17.6 Å². The maximum atomic E-state index is 12.0. The van der Waals surface area contributed by atoms with E-state index >= 15 is 0 Å². The first-order valence-corrected chi connectivity index (χ1v) is 5.61. The largest absolute Gasteiger partial charge is 0.495 e. The fourth-order valence-electron chi connectivity index (χ4n) is 1.30. The number of methoxy groups -OCH3 is 1. The third-order valence-electron chi connectivity index (χ3n) is 2.31. The molecule has 1 aromatic rings. The van der Waals surface area contributed by atoms with E-state index in [9.17, 15) is 22.8 Å². The second kappa shape index (κ2) is 6.77. The second-order valence-corrected chi connectivity index (χ2v) is 3.84. The monoisotopic (exact) mass is 317 g/mol. The molecule has 10 heteroatoms. The van der Waals surface area contributed by atoms with Crippen molar-refractivity contribution in [2.45, 2.75) is 12.4 Å². The van der Waals surface area contributed by atoms with Gasteiger partial charge in [-0.25, -0.2) is 4.79 Å². The Balaban J connectivity index is 2.81. The van der Waals surface area contributed by atoms with Crippen molar-refractivity contribution in [1.82, 2.24) is 0 Å². The van der Waals surface area contributed by atoms with Crippen LogP contribution in [0.25, 0.3) is 0 Å². The molecule has 118 valence electrons. The normalized spacial score (nSPS) is 12.0. The van der Waals surface area contributed by atoms with E-state index in [1.807, 2.05) is 6.07 Å². The molecule has 1 rings (SSSR count). The highest BCUT2D eigenvalue weighted by molar-refractivity contribution is 5.96. The number of benzene rings is 1. The van der Waals surface area contributed by atoms with Gasteiger partial charge in [0, 0.05) is 6.07 Å². The lowest BCUT2D eigenvalue weighted by atomic mass is 10.2. The molecule has 1 amide bonds. The Bertz CT molecular complexity index is 625. The summed E-state index contributed by atoms with van der Waals surface area (Å²) in [4.78, 5) is 22.2. The zero-order valence-corrected chi connectivity index (χ0v) is 11.1. The highest BCUT2D eigenvalue weighted by Crippen LogP contribution is 2.25. The number of ether oxygens (including phenoxy) is 2. The molecule has 1 atom stereocenters. The molecular formula is C12H10F3N3O4. The topological polar surface area (TPSA) is 114 Å². The Morgan fingerprint density at radius 2 is 2.05 bits per heavy atom. The van der Waals surface area contributed by atoms with Crippen molar-refractivity contribution in [2.24, 2.45) is 5.73 Å². The summed E-state index contributed by atoms with van der Waals surface area (Å²) in [5.41, 5.74) is 5.35. The third kappa shape index (κ3) is 4.35. The number of alkyl halides is 3. The summed E-state index contributed by atoms with van der Waals surface area (Å²) >= 11 is 0. The van der Waals surface area contributed by atoms with Crippen LogP contribution in [0.5, 0.6) is 5.75 Å². The number of nitrogens with zero attached hydrogens (tertiary/aromatic N) is 1. The summed E-state index contributed by atoms with van der Waals surface area (Å²) in [7, 11) is 1.26. The zero-order chi connectivity index (χ0) is 16.9. The molecule has 0 fully saturated rings. The average molecular weight is 317 g/mol. The van der Waals surface area contributed by atoms with E-state index in [2.05, 4.69) is 10.1 Å². The van der Waals surface area contributed by atoms with E-state index in [-0.39, 0.29) is 17.0 Å². The molecule has 1 unspecified atom stereocenters. The first kappa shape index (κ1) is 17.3. The van der Waals surface area contributed by atoms with Crippen LogP contribution < -0.4 is 15.8 Å². The number of carbonyl (C=O) groups is 2. The third-order valence-corrected chi connectivity index (χ3v) is 2.31. The van der Waals surface area contributed by atoms with Gasteiger partial charge in [-0.15, -0.1) is 0 Å². The van der Waals surface area contributed by atoms with Crippen LogP contribution in [-0.2, 0) is 14.3 Å². The van der Waals surface area contributed by atoms with Crippen LogP contribution in [0.4, 0.5) is 18.9 Å². The molecule has 0 aliphatic rings. The van der Waals surface area contributed by atoms with E-state index in [0.29, 0.717) is 0 Å². The van der Waals surface area contributed by atoms with Gasteiger partial charge in [0.15, 0.2) is 0 Å². The summed E-state index contributed by atoms with van der Waals surface area (Å²) in [5, 5.41) is 10.8. The van der Waals surface area contributed by atoms with Crippen LogP contribution in [0.15, 0.2) is 18.2 Å². The van der Waals surface area contributed by atoms with Gasteiger partial charge in [-0.1, -0.05) is 0 Å². The van der Waals surface area contributed by atoms with Gasteiger partial charge in [-0.3, -0.25) is 10.5 Å². The van der Waals surface area contributed by atoms with Crippen molar-refractivity contribution in [3.63, 3.8) is 0 Å². The molecule has 0 aromatic heterocycles. The van der Waals surface area contributed by atoms with Gasteiger partial charge < -0.3 is 14.8 Å². The lowest BCUT2D eigenvalue weighted by molar-refractivity contribution is -0.204. The molecule has 0 radical (unpaired) electrons. The molecule has 1 aromatic carbocycles. The van der Waals surface area contributed by atoms with Crippen molar-refractivity contribution in [3.05, 3.63) is 23.8 Å². The van der Waals surface area contributed by atoms with Gasteiger partial charge in [0.1, 0.15) is 5.75 Å². The number of anilines is 1. The first-order valence-electron chi connectivity index (χ1n) is 5.61. The van der Waals surface area contributed by atoms with Crippen LogP contribution in [-0.4, -0.2) is 31.4 Å². The summed E-state index contributed by atoms with van der Waals surface area (Å²) in [6.07, 6.45) is -7.42. The Morgan fingerprint density at radius 1 is 1.41 bits per heavy atom. The lowest BCUT2D eigenvalue weighted by Crippen LogP contribution is -2.42. The highest BCUT2D eigenvalue weighted by atomic mass is 19.4. The molecule has 7 nitrogen and oxygen atoms in total. The summed E-state index contributed by atoms with van der Waals surface area (Å²) in [6, 6.07) is 5.75. The summed E-state index contributed by atoms with van der Waals surface area (Å²) in [5.74, 6) is -3.69. The van der Waals surface area contributed by atoms with Gasteiger partial charge in [-0.2, -0.15) is 18.4 Å². The molecule has 0 saturated carbocycles. The molecule has 0 aliphatic carbocycles. The minimum Gasteiger partial charge on any atom is -0.495 e. The van der Waals surface area contributed by atoms with Crippen LogP contribution in [0.3, 0.4) is 0 Å². The molecular weight excluding hydrogens is 307 g/mol. The average Bonchev–Trinajstić information content (AvgIpc) is 2.46. The van der Waals surface area contributed by atoms with E-state index in [0.717, 1.165) is 0 Å². The van der Waals surface area contributed by atoms with Gasteiger partial charge in [0.2, 0.25) is 6.23 Å². The van der Waals surface area contributed by atoms with Gasteiger partial charge in [0.05, 0.1) is 24.4 Å². The number of amides is 1. The molecule has 0 saturated heterocycles. The molecule has 0 heterocycles. The maximum Gasteiger partial charge on any atom is 0.490 e. The predicted molar refractivity (Wildman–Crippen MR) is 66.5 cm³/mol. The Hall–Kier alpha value is -2.80.